The zero-order valence-electron chi connectivity index (χ0n) is 10.5. The molecule has 0 fully saturated rings. The number of rotatable bonds is 5. The number of hydrogen-bond acceptors (Lipinski definition) is 2. The largest absolute Gasteiger partial charge is 0.392 e. The van der Waals surface area contributed by atoms with Crippen LogP contribution in [0.2, 0.25) is 0 Å². The standard InChI is InChI=1S/C16H18OS/c1-2-15(17)16(13-9-5-3-6-10-13)18-14-11-7-4-8-12-14/h3-12,15-17H,2H2,1H3/t15-,16-/m0/s1. The zero-order chi connectivity index (χ0) is 12.8. The maximum absolute atomic E-state index is 10.2. The smallest absolute Gasteiger partial charge is 0.0700 e. The van der Waals surface area contributed by atoms with Gasteiger partial charge in [-0.15, -0.1) is 11.8 Å². The van der Waals surface area contributed by atoms with Crippen LogP contribution >= 0.6 is 11.8 Å². The van der Waals surface area contributed by atoms with Crippen LogP contribution in [-0.2, 0) is 0 Å². The van der Waals surface area contributed by atoms with Crippen LogP contribution in [0.25, 0.3) is 0 Å². The predicted octanol–water partition coefficient (Wildman–Crippen LogP) is 4.29. The van der Waals surface area contributed by atoms with Gasteiger partial charge in [0.15, 0.2) is 0 Å². The highest BCUT2D eigenvalue weighted by atomic mass is 32.2. The first-order chi connectivity index (χ1) is 8.81. The van der Waals surface area contributed by atoms with E-state index in [-0.39, 0.29) is 11.4 Å². The average Bonchev–Trinajstić information content (AvgIpc) is 2.46. The Kier molecular flexibility index (Phi) is 4.85. The van der Waals surface area contributed by atoms with Crippen molar-refractivity contribution in [3.8, 4) is 0 Å². The summed E-state index contributed by atoms with van der Waals surface area (Å²) in [5, 5.41) is 10.3. The van der Waals surface area contributed by atoms with Crippen LogP contribution in [0, 0.1) is 0 Å². The Bertz CT molecular complexity index is 455. The van der Waals surface area contributed by atoms with Gasteiger partial charge >= 0.3 is 0 Å². The van der Waals surface area contributed by atoms with Crippen molar-refractivity contribution in [3.63, 3.8) is 0 Å². The molecule has 94 valence electrons. The Morgan fingerprint density at radius 1 is 0.944 bits per heavy atom. The number of benzene rings is 2. The average molecular weight is 258 g/mol. The molecule has 0 heterocycles. The van der Waals surface area contributed by atoms with Crippen LogP contribution in [-0.4, -0.2) is 11.2 Å². The fourth-order valence-corrected chi connectivity index (χ4v) is 3.12. The van der Waals surface area contributed by atoms with Crippen molar-refractivity contribution < 1.29 is 5.11 Å². The van der Waals surface area contributed by atoms with Crippen molar-refractivity contribution >= 4 is 11.8 Å². The van der Waals surface area contributed by atoms with Crippen LogP contribution in [0.5, 0.6) is 0 Å². The van der Waals surface area contributed by atoms with Gasteiger partial charge in [-0.3, -0.25) is 0 Å². The highest BCUT2D eigenvalue weighted by molar-refractivity contribution is 7.99. The first-order valence-corrected chi connectivity index (χ1v) is 7.14. The van der Waals surface area contributed by atoms with E-state index in [0.717, 1.165) is 6.42 Å². The summed E-state index contributed by atoms with van der Waals surface area (Å²) < 4.78 is 0. The van der Waals surface area contributed by atoms with Gasteiger partial charge in [0, 0.05) is 4.90 Å². The van der Waals surface area contributed by atoms with E-state index in [2.05, 4.69) is 24.3 Å². The third-order valence-corrected chi connectivity index (χ3v) is 4.29. The Morgan fingerprint density at radius 2 is 1.50 bits per heavy atom. The molecule has 2 aromatic rings. The summed E-state index contributed by atoms with van der Waals surface area (Å²) in [6.45, 7) is 2.02. The third-order valence-electron chi connectivity index (χ3n) is 2.90. The minimum Gasteiger partial charge on any atom is -0.392 e. The first kappa shape index (κ1) is 13.2. The lowest BCUT2D eigenvalue weighted by atomic mass is 10.1. The molecule has 2 heteroatoms. The normalized spacial score (nSPS) is 14.1. The molecule has 1 N–H and O–H groups in total. The second kappa shape index (κ2) is 6.62. The number of thioether (sulfide) groups is 1. The molecular weight excluding hydrogens is 240 g/mol. The molecule has 0 aliphatic rings. The van der Waals surface area contributed by atoms with Gasteiger partial charge < -0.3 is 5.11 Å². The molecule has 0 saturated carbocycles. The molecular formula is C16H18OS. The first-order valence-electron chi connectivity index (χ1n) is 6.26. The lowest BCUT2D eigenvalue weighted by Gasteiger charge is -2.22. The molecule has 2 atom stereocenters. The second-order valence-electron chi connectivity index (χ2n) is 4.24. The molecule has 0 spiro atoms. The molecule has 0 aromatic heterocycles. The van der Waals surface area contributed by atoms with Gasteiger partial charge in [-0.05, 0) is 24.1 Å². The highest BCUT2D eigenvalue weighted by Gasteiger charge is 2.20. The minimum absolute atomic E-state index is 0.0959. The highest BCUT2D eigenvalue weighted by Crippen LogP contribution is 2.38. The molecule has 0 bridgehead atoms. The summed E-state index contributed by atoms with van der Waals surface area (Å²) >= 11 is 1.72. The zero-order valence-corrected chi connectivity index (χ0v) is 11.3. The van der Waals surface area contributed by atoms with E-state index < -0.39 is 0 Å². The summed E-state index contributed by atoms with van der Waals surface area (Å²) in [5.74, 6) is 0. The van der Waals surface area contributed by atoms with Gasteiger partial charge in [-0.2, -0.15) is 0 Å². The van der Waals surface area contributed by atoms with Gasteiger partial charge in [0.05, 0.1) is 11.4 Å². The molecule has 0 aliphatic carbocycles. The molecule has 0 unspecified atom stereocenters. The number of aliphatic hydroxyl groups is 1. The van der Waals surface area contributed by atoms with Gasteiger partial charge in [-0.1, -0.05) is 55.5 Å². The van der Waals surface area contributed by atoms with Crippen molar-refractivity contribution in [3.05, 3.63) is 66.2 Å². The fraction of sp³-hybridized carbons (Fsp3) is 0.250. The molecule has 0 saturated heterocycles. The van der Waals surface area contributed by atoms with Crippen LogP contribution in [0.3, 0.4) is 0 Å². The van der Waals surface area contributed by atoms with Crippen molar-refractivity contribution in [1.82, 2.24) is 0 Å². The van der Waals surface area contributed by atoms with Crippen LogP contribution in [0.15, 0.2) is 65.6 Å². The van der Waals surface area contributed by atoms with Gasteiger partial charge in [0.25, 0.3) is 0 Å². The predicted molar refractivity (Wildman–Crippen MR) is 77.8 cm³/mol. The van der Waals surface area contributed by atoms with Crippen LogP contribution in [0.1, 0.15) is 24.2 Å². The Labute approximate surface area is 113 Å². The van der Waals surface area contributed by atoms with E-state index in [9.17, 15) is 5.11 Å². The summed E-state index contributed by atoms with van der Waals surface area (Å²) in [4.78, 5) is 1.19. The van der Waals surface area contributed by atoms with E-state index in [0.29, 0.717) is 0 Å². The summed E-state index contributed by atoms with van der Waals surface area (Å²) in [6.07, 6.45) is 0.442. The van der Waals surface area contributed by atoms with Gasteiger partial charge in [0.1, 0.15) is 0 Å². The maximum atomic E-state index is 10.2. The van der Waals surface area contributed by atoms with E-state index in [1.807, 2.05) is 43.3 Å². The molecule has 2 rings (SSSR count). The second-order valence-corrected chi connectivity index (χ2v) is 5.45. The van der Waals surface area contributed by atoms with Crippen molar-refractivity contribution in [2.45, 2.75) is 29.6 Å². The Morgan fingerprint density at radius 3 is 2.06 bits per heavy atom. The molecule has 0 aliphatic heterocycles. The summed E-state index contributed by atoms with van der Waals surface area (Å²) in [7, 11) is 0. The topological polar surface area (TPSA) is 20.2 Å². The summed E-state index contributed by atoms with van der Waals surface area (Å²) in [6, 6.07) is 20.5. The third kappa shape index (κ3) is 3.37. The van der Waals surface area contributed by atoms with Crippen molar-refractivity contribution in [2.24, 2.45) is 0 Å². The molecule has 0 radical (unpaired) electrons. The number of aliphatic hydroxyl groups excluding tert-OH is 1. The lowest BCUT2D eigenvalue weighted by Crippen LogP contribution is -2.14. The molecule has 18 heavy (non-hydrogen) atoms. The summed E-state index contributed by atoms with van der Waals surface area (Å²) in [5.41, 5.74) is 1.18. The van der Waals surface area contributed by atoms with E-state index in [1.165, 1.54) is 10.5 Å². The minimum atomic E-state index is -0.322. The van der Waals surface area contributed by atoms with Crippen molar-refractivity contribution in [2.75, 3.05) is 0 Å². The van der Waals surface area contributed by atoms with Crippen molar-refractivity contribution in [1.29, 1.82) is 0 Å². The van der Waals surface area contributed by atoms with E-state index in [4.69, 9.17) is 0 Å². The fourth-order valence-electron chi connectivity index (χ4n) is 1.87. The quantitative estimate of drug-likeness (QED) is 0.807. The lowest BCUT2D eigenvalue weighted by molar-refractivity contribution is 0.167. The van der Waals surface area contributed by atoms with Crippen LogP contribution in [0.4, 0.5) is 0 Å². The molecule has 2 aromatic carbocycles. The molecule has 1 nitrogen and oxygen atoms in total. The van der Waals surface area contributed by atoms with E-state index >= 15 is 0 Å². The van der Waals surface area contributed by atoms with Gasteiger partial charge in [-0.25, -0.2) is 0 Å². The maximum Gasteiger partial charge on any atom is 0.0700 e. The van der Waals surface area contributed by atoms with Gasteiger partial charge in [0.2, 0.25) is 0 Å². The van der Waals surface area contributed by atoms with Crippen LogP contribution < -0.4 is 0 Å². The Hall–Kier alpha value is -1.25. The monoisotopic (exact) mass is 258 g/mol. The Balaban J connectivity index is 2.21. The SMILES string of the molecule is CC[C@H](O)[C@@H](Sc1ccccc1)c1ccccc1. The number of hydrogen-bond donors (Lipinski definition) is 1. The molecule has 0 amide bonds. The van der Waals surface area contributed by atoms with E-state index in [1.54, 1.807) is 11.8 Å².